The topological polar surface area (TPSA) is 69.6 Å². The van der Waals surface area contributed by atoms with Crippen molar-refractivity contribution >= 4 is 17.7 Å². The van der Waals surface area contributed by atoms with Crippen molar-refractivity contribution in [3.8, 4) is 0 Å². The summed E-state index contributed by atoms with van der Waals surface area (Å²) in [4.78, 5) is 11.7. The van der Waals surface area contributed by atoms with E-state index in [1.807, 2.05) is 11.8 Å². The van der Waals surface area contributed by atoms with E-state index in [1.54, 1.807) is 12.2 Å². The van der Waals surface area contributed by atoms with Gasteiger partial charge in [-0.05, 0) is 50.4 Å². The van der Waals surface area contributed by atoms with Gasteiger partial charge in [0.2, 0.25) is 5.91 Å². The first-order chi connectivity index (χ1) is 11.6. The number of amides is 1. The van der Waals surface area contributed by atoms with E-state index >= 15 is 0 Å². The zero-order chi connectivity index (χ0) is 18.2. The SMILES string of the molecule is C=CO.CSC1CCC(CC(CF)NC(=O)C/C=C/C=C/O)CC1. The largest absolute Gasteiger partial charge is 0.516 e. The predicted molar refractivity (Wildman–Crippen MR) is 100 cm³/mol. The van der Waals surface area contributed by atoms with E-state index < -0.39 is 6.67 Å². The molecule has 0 bridgehead atoms. The molecule has 1 unspecified atom stereocenters. The first-order valence-electron chi connectivity index (χ1n) is 8.20. The Bertz CT molecular complexity index is 394. The third kappa shape index (κ3) is 11.2. The Morgan fingerprint density at radius 3 is 2.46 bits per heavy atom. The Hall–Kier alpha value is -1.43. The minimum absolute atomic E-state index is 0.168. The molecule has 0 aromatic rings. The smallest absolute Gasteiger partial charge is 0.224 e. The molecule has 0 radical (unpaired) electrons. The fraction of sp³-hybridized carbons (Fsp3) is 0.611. The molecule has 1 atom stereocenters. The number of carbonyl (C=O) groups excluding carboxylic acids is 1. The average Bonchev–Trinajstić information content (AvgIpc) is 2.59. The third-order valence-corrected chi connectivity index (χ3v) is 5.07. The molecule has 0 aliphatic heterocycles. The van der Waals surface area contributed by atoms with Crippen LogP contribution in [0.5, 0.6) is 0 Å². The highest BCUT2D eigenvalue weighted by atomic mass is 32.2. The summed E-state index contributed by atoms with van der Waals surface area (Å²) in [5.41, 5.74) is 0. The second-order valence-electron chi connectivity index (χ2n) is 5.69. The van der Waals surface area contributed by atoms with E-state index in [-0.39, 0.29) is 18.4 Å². The maximum Gasteiger partial charge on any atom is 0.224 e. The van der Waals surface area contributed by atoms with Crippen LogP contribution >= 0.6 is 11.8 Å². The minimum atomic E-state index is -0.506. The van der Waals surface area contributed by atoms with Gasteiger partial charge < -0.3 is 15.5 Å². The zero-order valence-corrected chi connectivity index (χ0v) is 15.2. The number of aliphatic hydroxyl groups excluding tert-OH is 2. The molecule has 1 amide bonds. The molecule has 1 fully saturated rings. The van der Waals surface area contributed by atoms with Gasteiger partial charge in [0.05, 0.1) is 18.6 Å². The van der Waals surface area contributed by atoms with E-state index in [2.05, 4.69) is 18.2 Å². The second kappa shape index (κ2) is 15.1. The third-order valence-electron chi connectivity index (χ3n) is 3.93. The summed E-state index contributed by atoms with van der Waals surface area (Å²) in [7, 11) is 0. The first kappa shape index (κ1) is 22.6. The van der Waals surface area contributed by atoms with E-state index in [9.17, 15) is 9.18 Å². The van der Waals surface area contributed by atoms with Crippen molar-refractivity contribution in [3.63, 3.8) is 0 Å². The zero-order valence-electron chi connectivity index (χ0n) is 14.4. The number of thioether (sulfide) groups is 1. The first-order valence-corrected chi connectivity index (χ1v) is 9.49. The van der Waals surface area contributed by atoms with Crippen LogP contribution in [0.4, 0.5) is 4.39 Å². The van der Waals surface area contributed by atoms with Gasteiger partial charge >= 0.3 is 0 Å². The van der Waals surface area contributed by atoms with Crippen LogP contribution in [-0.2, 0) is 4.79 Å². The van der Waals surface area contributed by atoms with Gasteiger partial charge in [-0.15, -0.1) is 0 Å². The van der Waals surface area contributed by atoms with Crippen LogP contribution in [-0.4, -0.2) is 40.3 Å². The molecule has 0 aromatic carbocycles. The van der Waals surface area contributed by atoms with E-state index in [0.29, 0.717) is 5.92 Å². The number of alkyl halides is 1. The fourth-order valence-corrected chi connectivity index (χ4v) is 3.50. The summed E-state index contributed by atoms with van der Waals surface area (Å²) >= 11 is 1.92. The molecule has 1 aliphatic carbocycles. The fourth-order valence-electron chi connectivity index (χ4n) is 2.76. The summed E-state index contributed by atoms with van der Waals surface area (Å²) in [6, 6.07) is -0.366. The van der Waals surface area contributed by atoms with Gasteiger partial charge in [0.15, 0.2) is 0 Å². The van der Waals surface area contributed by atoms with Crippen LogP contribution in [0.3, 0.4) is 0 Å². The Morgan fingerprint density at radius 1 is 1.33 bits per heavy atom. The molecule has 138 valence electrons. The van der Waals surface area contributed by atoms with E-state index in [4.69, 9.17) is 10.2 Å². The van der Waals surface area contributed by atoms with Gasteiger partial charge in [-0.3, -0.25) is 4.79 Å². The van der Waals surface area contributed by atoms with Crippen LogP contribution < -0.4 is 5.32 Å². The van der Waals surface area contributed by atoms with Crippen LogP contribution in [0, 0.1) is 5.92 Å². The number of nitrogens with one attached hydrogen (secondary N) is 1. The molecule has 3 N–H and O–H groups in total. The van der Waals surface area contributed by atoms with Crippen molar-refractivity contribution in [1.29, 1.82) is 0 Å². The molecule has 24 heavy (non-hydrogen) atoms. The maximum absolute atomic E-state index is 13.1. The highest BCUT2D eigenvalue weighted by Gasteiger charge is 2.24. The van der Waals surface area contributed by atoms with Crippen molar-refractivity contribution in [2.45, 2.75) is 49.8 Å². The molecule has 0 spiro atoms. The van der Waals surface area contributed by atoms with Crippen molar-refractivity contribution in [3.05, 3.63) is 37.3 Å². The standard InChI is InChI=1S/C16H26FNO2S.C2H4O/c1-21-15-8-6-13(7-9-15)11-14(12-17)18-16(20)5-3-2-4-10-19;1-2-3/h2-4,10,13-15,19H,5-9,11-12H2,1H3,(H,18,20);2-3H,1H2/b3-2+,10-4+;. The van der Waals surface area contributed by atoms with Gasteiger partial charge in [-0.1, -0.05) is 18.7 Å². The molecule has 0 saturated heterocycles. The highest BCUT2D eigenvalue weighted by Crippen LogP contribution is 2.33. The van der Waals surface area contributed by atoms with Gasteiger partial charge in [0.25, 0.3) is 0 Å². The molecule has 0 aromatic heterocycles. The van der Waals surface area contributed by atoms with E-state index in [0.717, 1.165) is 37.0 Å². The molecular formula is C18H30FNO3S. The molecule has 1 aliphatic rings. The summed E-state index contributed by atoms with van der Waals surface area (Å²) in [5, 5.41) is 19.3. The number of aliphatic hydroxyl groups is 2. The quantitative estimate of drug-likeness (QED) is 0.442. The van der Waals surface area contributed by atoms with Crippen molar-refractivity contribution in [1.82, 2.24) is 5.32 Å². The normalized spacial score (nSPS) is 21.9. The molecule has 1 saturated carbocycles. The van der Waals surface area contributed by atoms with Crippen LogP contribution in [0.1, 0.15) is 38.5 Å². The van der Waals surface area contributed by atoms with Gasteiger partial charge in [-0.25, -0.2) is 4.39 Å². The number of halogens is 1. The van der Waals surface area contributed by atoms with Crippen molar-refractivity contribution in [2.24, 2.45) is 5.92 Å². The highest BCUT2D eigenvalue weighted by molar-refractivity contribution is 7.99. The van der Waals surface area contributed by atoms with Crippen LogP contribution in [0.25, 0.3) is 0 Å². The lowest BCUT2D eigenvalue weighted by atomic mass is 9.84. The van der Waals surface area contributed by atoms with Crippen molar-refractivity contribution < 1.29 is 19.4 Å². The number of rotatable bonds is 8. The summed E-state index contributed by atoms with van der Waals surface area (Å²) in [6.45, 7) is 2.41. The Kier molecular flexibility index (Phi) is 14.2. The number of hydrogen-bond acceptors (Lipinski definition) is 4. The summed E-state index contributed by atoms with van der Waals surface area (Å²) in [5.74, 6) is 0.361. The van der Waals surface area contributed by atoms with Crippen molar-refractivity contribution in [2.75, 3.05) is 12.9 Å². The monoisotopic (exact) mass is 359 g/mol. The molecule has 0 heterocycles. The average molecular weight is 360 g/mol. The van der Waals surface area contributed by atoms with Crippen LogP contribution in [0.2, 0.25) is 0 Å². The number of carbonyl (C=O) groups is 1. The van der Waals surface area contributed by atoms with Gasteiger partial charge in [0.1, 0.15) is 6.67 Å². The lowest BCUT2D eigenvalue weighted by Gasteiger charge is -2.29. The number of hydrogen-bond donors (Lipinski definition) is 3. The van der Waals surface area contributed by atoms with Crippen LogP contribution in [0.15, 0.2) is 37.3 Å². The number of allylic oxidation sites excluding steroid dienone is 2. The molecule has 6 heteroatoms. The van der Waals surface area contributed by atoms with Gasteiger partial charge in [-0.2, -0.15) is 11.8 Å². The second-order valence-corrected chi connectivity index (χ2v) is 6.83. The molecule has 1 rings (SSSR count). The van der Waals surface area contributed by atoms with Gasteiger partial charge in [0, 0.05) is 11.7 Å². The maximum atomic E-state index is 13.1. The Balaban J connectivity index is 0.00000163. The Labute approximate surface area is 148 Å². The lowest BCUT2D eigenvalue weighted by molar-refractivity contribution is -0.121. The Morgan fingerprint density at radius 2 is 1.96 bits per heavy atom. The molecular weight excluding hydrogens is 329 g/mol. The minimum Gasteiger partial charge on any atom is -0.516 e. The summed E-state index contributed by atoms with van der Waals surface area (Å²) < 4.78 is 13.1. The van der Waals surface area contributed by atoms with E-state index in [1.165, 1.54) is 18.9 Å². The predicted octanol–water partition coefficient (Wildman–Crippen LogP) is 4.46. The molecule has 4 nitrogen and oxygen atoms in total. The summed E-state index contributed by atoms with van der Waals surface area (Å²) in [6.07, 6.45) is 14.1. The lowest BCUT2D eigenvalue weighted by Crippen LogP contribution is -2.38.